The van der Waals surface area contributed by atoms with Crippen LogP contribution in [0, 0.1) is 5.41 Å². The lowest BCUT2D eigenvalue weighted by atomic mass is 9.71. The number of aromatic nitrogens is 5. The number of rotatable bonds is 5. The third-order valence-corrected chi connectivity index (χ3v) is 7.79. The Hall–Kier alpha value is -2.94. The molecule has 5 rings (SSSR count). The second-order valence-corrected chi connectivity index (χ2v) is 9.70. The molecule has 2 fully saturated rings. The molecule has 3 aliphatic rings. The van der Waals surface area contributed by atoms with Gasteiger partial charge in [-0.05, 0) is 80.8 Å². The highest BCUT2D eigenvalue weighted by atomic mass is 16.2. The zero-order chi connectivity index (χ0) is 23.0. The first-order valence-corrected chi connectivity index (χ1v) is 12.0. The van der Waals surface area contributed by atoms with Crippen molar-refractivity contribution < 1.29 is 9.59 Å². The summed E-state index contributed by atoms with van der Waals surface area (Å²) in [4.78, 5) is 32.0. The molecule has 0 bridgehead atoms. The van der Waals surface area contributed by atoms with Gasteiger partial charge in [-0.3, -0.25) is 9.59 Å². The van der Waals surface area contributed by atoms with E-state index in [2.05, 4.69) is 32.7 Å². The summed E-state index contributed by atoms with van der Waals surface area (Å²) in [7, 11) is 0. The topological polar surface area (TPSA) is 106 Å². The van der Waals surface area contributed by atoms with E-state index in [1.165, 1.54) is 11.0 Å². The molecule has 1 saturated carbocycles. The average Bonchev–Trinajstić information content (AvgIpc) is 3.47. The van der Waals surface area contributed by atoms with Crippen molar-refractivity contribution in [3.05, 3.63) is 41.5 Å². The molecule has 3 heterocycles. The van der Waals surface area contributed by atoms with Crippen molar-refractivity contribution in [3.63, 3.8) is 0 Å². The Balaban J connectivity index is 1.18. The molecule has 33 heavy (non-hydrogen) atoms. The van der Waals surface area contributed by atoms with Crippen LogP contribution in [-0.4, -0.2) is 54.4 Å². The van der Waals surface area contributed by atoms with E-state index in [0.29, 0.717) is 18.3 Å². The van der Waals surface area contributed by atoms with Crippen LogP contribution < -0.4 is 5.32 Å². The van der Waals surface area contributed by atoms with Gasteiger partial charge in [0.05, 0.1) is 5.41 Å². The fourth-order valence-corrected chi connectivity index (χ4v) is 5.67. The van der Waals surface area contributed by atoms with Gasteiger partial charge in [0.2, 0.25) is 5.91 Å². The molecule has 1 amide bonds. The molecule has 1 atom stereocenters. The number of amides is 1. The Morgan fingerprint density at radius 2 is 1.97 bits per heavy atom. The van der Waals surface area contributed by atoms with Gasteiger partial charge in [-0.1, -0.05) is 6.07 Å². The second-order valence-electron chi connectivity index (χ2n) is 9.70. The van der Waals surface area contributed by atoms with E-state index in [1.807, 2.05) is 30.2 Å². The number of nitrogens with zero attached hydrogens (tertiary/aromatic N) is 6. The largest absolute Gasteiger partial charge is 0.315 e. The van der Waals surface area contributed by atoms with Crippen LogP contribution in [0.1, 0.15) is 76.8 Å². The highest BCUT2D eigenvalue weighted by Crippen LogP contribution is 2.47. The minimum atomic E-state index is -0.246. The maximum atomic E-state index is 13.4. The fourth-order valence-electron chi connectivity index (χ4n) is 5.67. The highest BCUT2D eigenvalue weighted by molar-refractivity contribution is 5.97. The van der Waals surface area contributed by atoms with Gasteiger partial charge in [0.1, 0.15) is 6.33 Å². The van der Waals surface area contributed by atoms with E-state index >= 15 is 0 Å². The number of carbonyl (C=O) groups excluding carboxylic acids is 2. The minimum Gasteiger partial charge on any atom is -0.315 e. The lowest BCUT2D eigenvalue weighted by molar-refractivity contribution is -0.136. The van der Waals surface area contributed by atoms with E-state index in [0.717, 1.165) is 68.3 Å². The number of pyridine rings is 1. The van der Waals surface area contributed by atoms with Gasteiger partial charge in [0.15, 0.2) is 11.6 Å². The number of allylic oxidation sites excluding steroid dienone is 2. The van der Waals surface area contributed by atoms with Crippen molar-refractivity contribution in [2.24, 2.45) is 5.41 Å². The molecule has 1 spiro atoms. The second kappa shape index (κ2) is 8.78. The lowest BCUT2D eigenvalue weighted by Crippen LogP contribution is -2.43. The molecule has 1 saturated heterocycles. The van der Waals surface area contributed by atoms with Gasteiger partial charge >= 0.3 is 0 Å². The summed E-state index contributed by atoms with van der Waals surface area (Å²) >= 11 is 0. The van der Waals surface area contributed by atoms with E-state index in [-0.39, 0.29) is 23.1 Å². The quantitative estimate of drug-likeness (QED) is 0.748. The summed E-state index contributed by atoms with van der Waals surface area (Å²) in [6.45, 7) is 4.80. The molecule has 0 aromatic carbocycles. The van der Waals surface area contributed by atoms with Crippen LogP contribution >= 0.6 is 0 Å². The molecule has 0 unspecified atom stereocenters. The number of likely N-dealkylation sites (tertiary alicyclic amines) is 1. The van der Waals surface area contributed by atoms with Gasteiger partial charge in [0.25, 0.3) is 0 Å². The predicted molar refractivity (Wildman–Crippen MR) is 121 cm³/mol. The van der Waals surface area contributed by atoms with Crippen molar-refractivity contribution in [2.45, 2.75) is 77.3 Å². The lowest BCUT2D eigenvalue weighted by Gasteiger charge is -2.37. The first-order chi connectivity index (χ1) is 16.0. The molecule has 0 radical (unpaired) electrons. The Bertz CT molecular complexity index is 1050. The number of hydrogen-bond donors (Lipinski definition) is 1. The van der Waals surface area contributed by atoms with Crippen LogP contribution in [0.25, 0.3) is 5.82 Å². The zero-order valence-electron chi connectivity index (χ0n) is 19.3. The highest BCUT2D eigenvalue weighted by Gasteiger charge is 2.49. The van der Waals surface area contributed by atoms with Crippen molar-refractivity contribution in [2.75, 3.05) is 6.54 Å². The van der Waals surface area contributed by atoms with Crippen LogP contribution in [0.5, 0.6) is 0 Å². The van der Waals surface area contributed by atoms with Crippen molar-refractivity contribution in [3.8, 4) is 5.82 Å². The van der Waals surface area contributed by atoms with Gasteiger partial charge in [-0.15, -0.1) is 5.10 Å². The summed E-state index contributed by atoms with van der Waals surface area (Å²) in [6.07, 6.45) is 10.4. The summed E-state index contributed by atoms with van der Waals surface area (Å²) in [5.74, 6) is 1.14. The monoisotopic (exact) mass is 449 g/mol. The normalized spacial score (nSPS) is 27.0. The zero-order valence-corrected chi connectivity index (χ0v) is 19.3. The Morgan fingerprint density at radius 1 is 1.15 bits per heavy atom. The van der Waals surface area contributed by atoms with Crippen LogP contribution in [0.2, 0.25) is 0 Å². The summed E-state index contributed by atoms with van der Waals surface area (Å²) < 4.78 is 1.53. The van der Waals surface area contributed by atoms with E-state index in [9.17, 15) is 9.59 Å². The summed E-state index contributed by atoms with van der Waals surface area (Å²) in [5.41, 5.74) is 2.65. The first-order valence-electron chi connectivity index (χ1n) is 12.0. The van der Waals surface area contributed by atoms with Gasteiger partial charge in [-0.25, -0.2) is 4.98 Å². The molecular weight excluding hydrogens is 418 g/mol. The first kappa shape index (κ1) is 21.9. The molecule has 2 aromatic rings. The molecule has 1 aliphatic heterocycles. The number of nitrogens with one attached hydrogen (secondary N) is 1. The number of Topliss-reactive ketones (excluding diaryl/α,β-unsaturated/α-hetero) is 1. The molecule has 174 valence electrons. The minimum absolute atomic E-state index is 0.163. The third-order valence-electron chi connectivity index (χ3n) is 7.79. The molecular formula is C24H31N7O2. The molecule has 1 N–H and O–H groups in total. The van der Waals surface area contributed by atoms with E-state index < -0.39 is 0 Å². The van der Waals surface area contributed by atoms with Crippen LogP contribution in [0.4, 0.5) is 0 Å². The third kappa shape index (κ3) is 4.10. The van der Waals surface area contributed by atoms with Crippen molar-refractivity contribution >= 4 is 11.7 Å². The molecule has 2 aliphatic carbocycles. The summed E-state index contributed by atoms with van der Waals surface area (Å²) in [6, 6.07) is 4.50. The maximum absolute atomic E-state index is 13.4. The van der Waals surface area contributed by atoms with Crippen LogP contribution in [-0.2, 0) is 9.59 Å². The standard InChI is InChI=1S/C24H31N7O2/c1-16-20(4-3-5-21(16)32)30-13-12-24(23(30)33)10-8-19(9-11-24)27-17(2)18-6-7-22(25-14-18)31-15-26-28-29-31/h6-7,14-15,17,19,27H,3-5,8-13H2,1-2H3/t17-,19?,24?/m0/s1. The van der Waals surface area contributed by atoms with E-state index in [1.54, 1.807) is 0 Å². The maximum Gasteiger partial charge on any atom is 0.233 e. The predicted octanol–water partition coefficient (Wildman–Crippen LogP) is 2.90. The van der Waals surface area contributed by atoms with Crippen LogP contribution in [0.15, 0.2) is 35.9 Å². The van der Waals surface area contributed by atoms with Gasteiger partial charge < -0.3 is 10.2 Å². The smallest absolute Gasteiger partial charge is 0.233 e. The molecule has 2 aromatic heterocycles. The summed E-state index contributed by atoms with van der Waals surface area (Å²) in [5, 5.41) is 14.9. The van der Waals surface area contributed by atoms with E-state index in [4.69, 9.17) is 0 Å². The van der Waals surface area contributed by atoms with Gasteiger partial charge in [0, 0.05) is 42.5 Å². The average molecular weight is 450 g/mol. The molecule has 9 heteroatoms. The Labute approximate surface area is 193 Å². The molecule has 9 nitrogen and oxygen atoms in total. The SMILES string of the molecule is CC1=C(N2CCC3(CCC(N[C@@H](C)c4ccc(-n5cnnn5)nc4)CC3)C2=O)CCCC1=O. The van der Waals surface area contributed by atoms with Crippen molar-refractivity contribution in [1.82, 2.24) is 35.4 Å². The number of ketones is 1. The number of hydrogen-bond acceptors (Lipinski definition) is 7. The van der Waals surface area contributed by atoms with Crippen molar-refractivity contribution in [1.29, 1.82) is 0 Å². The van der Waals surface area contributed by atoms with Crippen LogP contribution in [0.3, 0.4) is 0 Å². The fraction of sp³-hybridized carbons (Fsp3) is 0.583. The Morgan fingerprint density at radius 3 is 2.67 bits per heavy atom. The number of carbonyl (C=O) groups is 2. The Kier molecular flexibility index (Phi) is 5.82. The number of tetrazole rings is 1. The van der Waals surface area contributed by atoms with Gasteiger partial charge in [-0.2, -0.15) is 4.68 Å².